The highest BCUT2D eigenvalue weighted by Gasteiger charge is 2.54. The first-order valence-corrected chi connectivity index (χ1v) is 27.0. The minimum Gasteiger partial charge on any atom is -0.462 e. The average molecular weight is 1040 g/mol. The van der Waals surface area contributed by atoms with E-state index < -0.39 is 79.6 Å². The van der Waals surface area contributed by atoms with Crippen LogP contribution in [0.15, 0.2) is 73.3 Å². The number of ether oxygens (including phenoxy) is 5. The monoisotopic (exact) mass is 1030 g/mol. The smallest absolute Gasteiger partial charge is 0.462 e. The first kappa shape index (κ1) is 59.2. The molecule has 0 aliphatic carbocycles. The minimum atomic E-state index is -4.81. The van der Waals surface area contributed by atoms with Gasteiger partial charge in [-0.2, -0.15) is 0 Å². The summed E-state index contributed by atoms with van der Waals surface area (Å²) in [4.78, 5) is 41.0. The number of carbonyl (C=O) groups excluding carboxylic acids is 3. The molecule has 3 rings (SSSR count). The fourth-order valence-electron chi connectivity index (χ4n) is 7.63. The zero-order valence-electron chi connectivity index (χ0n) is 39.9. The Labute approximate surface area is 419 Å². The van der Waals surface area contributed by atoms with Crippen LogP contribution in [0.1, 0.15) is 149 Å². The molecule has 1 amide bonds. The number of nitrogens with one attached hydrogen (secondary N) is 1. The standard InChI is InChI=1S/C50H75Cl3NO13P/c1-4-7-9-11-13-15-17-19-23-33-41(62-43(56)34-28-20-18-16-14-12-10-8-5-2)36-44(57)64-47-45(54-49(58)61-38-50(51,52)53)48(60-35-6-3)63-42(37-55)46(47)67-68(59,65-39-29-24-21-25-30-39)66-40-31-26-22-27-32-40/h6,21-22,24-27,29-32,41-42,45-48,55H,3-5,7-20,23,28,33-38H2,1-2H3,(H,54,58)/t41-,42-,45-,46-,47-,48+/m1/s1. The summed E-state index contributed by atoms with van der Waals surface area (Å²) in [6.45, 7) is 6.49. The van der Waals surface area contributed by atoms with Crippen molar-refractivity contribution >= 4 is 60.7 Å². The Morgan fingerprint density at radius 2 is 1.28 bits per heavy atom. The maximum atomic E-state index is 14.9. The van der Waals surface area contributed by atoms with E-state index in [-0.39, 0.29) is 30.9 Å². The zero-order valence-corrected chi connectivity index (χ0v) is 43.1. The Hall–Kier alpha value is -3.07. The summed E-state index contributed by atoms with van der Waals surface area (Å²) in [5.74, 6) is -1.09. The van der Waals surface area contributed by atoms with Crippen molar-refractivity contribution in [2.75, 3.05) is 19.8 Å². The number of alkyl halides is 3. The van der Waals surface area contributed by atoms with Gasteiger partial charge in [0.2, 0.25) is 3.79 Å². The largest absolute Gasteiger partial charge is 0.588 e. The Bertz CT molecular complexity index is 1700. The summed E-state index contributed by atoms with van der Waals surface area (Å²) in [5.41, 5.74) is 0. The first-order chi connectivity index (χ1) is 32.8. The molecule has 18 heteroatoms. The van der Waals surface area contributed by atoms with Gasteiger partial charge in [0, 0.05) is 6.42 Å². The Morgan fingerprint density at radius 1 is 0.765 bits per heavy atom. The lowest BCUT2D eigenvalue weighted by molar-refractivity contribution is -0.267. The highest BCUT2D eigenvalue weighted by Crippen LogP contribution is 2.52. The number of aliphatic hydroxyl groups excluding tert-OH is 1. The lowest BCUT2D eigenvalue weighted by Crippen LogP contribution is -2.66. The van der Waals surface area contributed by atoms with Gasteiger partial charge in [0.1, 0.15) is 42.5 Å². The van der Waals surface area contributed by atoms with E-state index in [0.717, 1.165) is 44.9 Å². The molecule has 0 radical (unpaired) electrons. The van der Waals surface area contributed by atoms with Gasteiger partial charge < -0.3 is 43.2 Å². The predicted octanol–water partition coefficient (Wildman–Crippen LogP) is 13.1. The van der Waals surface area contributed by atoms with Crippen molar-refractivity contribution in [2.24, 2.45) is 0 Å². The molecule has 0 aromatic heterocycles. The molecule has 14 nitrogen and oxygen atoms in total. The van der Waals surface area contributed by atoms with Crippen LogP contribution < -0.4 is 14.4 Å². The van der Waals surface area contributed by atoms with Crippen LogP contribution in [0.2, 0.25) is 0 Å². The number of unbranched alkanes of at least 4 members (excludes halogenated alkanes) is 16. The number of halogens is 3. The number of amides is 1. The molecule has 1 aliphatic rings. The molecule has 6 atom stereocenters. The van der Waals surface area contributed by atoms with Crippen molar-refractivity contribution in [3.63, 3.8) is 0 Å². The molecular formula is C50H75Cl3NO13P. The minimum absolute atomic E-state index is 0.0956. The Kier molecular flexibility index (Phi) is 29.9. The van der Waals surface area contributed by atoms with Gasteiger partial charge in [-0.25, -0.2) is 9.36 Å². The molecule has 2 aromatic rings. The van der Waals surface area contributed by atoms with E-state index in [1.165, 1.54) is 88.1 Å². The summed E-state index contributed by atoms with van der Waals surface area (Å²) >= 11 is 17.6. The van der Waals surface area contributed by atoms with Crippen LogP contribution in [0.3, 0.4) is 0 Å². The summed E-state index contributed by atoms with van der Waals surface area (Å²) in [6, 6.07) is 14.6. The third kappa shape index (κ3) is 25.2. The van der Waals surface area contributed by atoms with Gasteiger partial charge >= 0.3 is 25.9 Å². The summed E-state index contributed by atoms with van der Waals surface area (Å²) in [5, 5.41) is 13.3. The quantitative estimate of drug-likeness (QED) is 0.0165. The number of hydrogen-bond donors (Lipinski definition) is 2. The van der Waals surface area contributed by atoms with E-state index in [4.69, 9.17) is 72.1 Å². The molecule has 1 saturated heterocycles. The topological polar surface area (TPSA) is 174 Å². The predicted molar refractivity (Wildman–Crippen MR) is 265 cm³/mol. The summed E-state index contributed by atoms with van der Waals surface area (Å²) in [6.07, 6.45) is 12.8. The van der Waals surface area contributed by atoms with Crippen LogP contribution in [0.25, 0.3) is 0 Å². The van der Waals surface area contributed by atoms with Gasteiger partial charge in [0.05, 0.1) is 19.6 Å². The molecule has 0 saturated carbocycles. The SMILES string of the molecule is C=CCO[C@H]1O[C@H](CO)[C@@H](OP(=O)(Oc2ccccc2)Oc2ccccc2)[C@H](OC(=O)C[C@@H](CCCCCCCCCCC)OC(=O)CCCCCCCCCCC)[C@H]1NC(=O)OCC(Cl)(Cl)Cl. The normalized spacial score (nSPS) is 18.8. The number of phosphoric ester groups is 1. The maximum Gasteiger partial charge on any atom is 0.588 e. The highest BCUT2D eigenvalue weighted by atomic mass is 35.6. The lowest BCUT2D eigenvalue weighted by Gasteiger charge is -2.45. The summed E-state index contributed by atoms with van der Waals surface area (Å²) in [7, 11) is -4.81. The molecule has 2 N–H and O–H groups in total. The van der Waals surface area contributed by atoms with Gasteiger partial charge in [-0.3, -0.25) is 14.1 Å². The molecule has 384 valence electrons. The fourth-order valence-corrected chi connectivity index (χ4v) is 9.23. The summed E-state index contributed by atoms with van der Waals surface area (Å²) < 4.78 is 60.2. The van der Waals surface area contributed by atoms with Crippen molar-refractivity contribution in [1.82, 2.24) is 5.32 Å². The Balaban J connectivity index is 1.93. The molecule has 2 aromatic carbocycles. The molecule has 0 unspecified atom stereocenters. The molecule has 68 heavy (non-hydrogen) atoms. The number of carbonyl (C=O) groups is 3. The maximum absolute atomic E-state index is 14.9. The second-order valence-corrected chi connectivity index (χ2v) is 21.0. The second-order valence-electron chi connectivity index (χ2n) is 17.0. The van der Waals surface area contributed by atoms with Gasteiger partial charge in [0.15, 0.2) is 12.4 Å². The van der Waals surface area contributed by atoms with Gasteiger partial charge in [-0.15, -0.1) is 6.58 Å². The number of para-hydroxylation sites is 2. The van der Waals surface area contributed by atoms with E-state index in [1.54, 1.807) is 36.4 Å². The molecule has 0 bridgehead atoms. The molecule has 0 spiro atoms. The lowest BCUT2D eigenvalue weighted by atomic mass is 9.96. The van der Waals surface area contributed by atoms with E-state index in [9.17, 15) is 24.1 Å². The van der Waals surface area contributed by atoms with E-state index >= 15 is 0 Å². The van der Waals surface area contributed by atoms with Crippen molar-refractivity contribution < 1.29 is 61.3 Å². The molecular weight excluding hydrogens is 960 g/mol. The zero-order chi connectivity index (χ0) is 49.5. The first-order valence-electron chi connectivity index (χ1n) is 24.4. The number of alkyl carbamates (subject to hydrolysis) is 1. The average Bonchev–Trinajstić information content (AvgIpc) is 3.30. The number of esters is 2. The molecule has 1 heterocycles. The second kappa shape index (κ2) is 34.3. The van der Waals surface area contributed by atoms with Crippen LogP contribution in [0, 0.1) is 0 Å². The fraction of sp³-hybridized carbons (Fsp3) is 0.660. The van der Waals surface area contributed by atoms with Crippen molar-refractivity contribution in [3.05, 3.63) is 73.3 Å². The van der Waals surface area contributed by atoms with Crippen molar-refractivity contribution in [1.29, 1.82) is 0 Å². The van der Waals surface area contributed by atoms with Crippen molar-refractivity contribution in [2.45, 2.75) is 189 Å². The third-order valence-electron chi connectivity index (χ3n) is 11.1. The van der Waals surface area contributed by atoms with E-state index in [0.29, 0.717) is 19.3 Å². The third-order valence-corrected chi connectivity index (χ3v) is 12.8. The van der Waals surface area contributed by atoms with Crippen LogP contribution in [0.4, 0.5) is 4.79 Å². The van der Waals surface area contributed by atoms with Gasteiger partial charge in [-0.05, 0) is 43.5 Å². The van der Waals surface area contributed by atoms with Gasteiger partial charge in [-0.1, -0.05) is 194 Å². The number of hydrogen-bond acceptors (Lipinski definition) is 13. The van der Waals surface area contributed by atoms with E-state index in [2.05, 4.69) is 25.7 Å². The highest BCUT2D eigenvalue weighted by molar-refractivity contribution is 7.49. The van der Waals surface area contributed by atoms with Crippen molar-refractivity contribution in [3.8, 4) is 11.5 Å². The molecule has 1 aliphatic heterocycles. The number of benzene rings is 2. The number of aliphatic hydroxyl groups is 1. The number of phosphoric acid groups is 1. The van der Waals surface area contributed by atoms with Gasteiger partial charge in [0.25, 0.3) is 0 Å². The molecule has 1 fully saturated rings. The van der Waals surface area contributed by atoms with Crippen LogP contribution in [0.5, 0.6) is 11.5 Å². The van der Waals surface area contributed by atoms with Crippen LogP contribution in [-0.2, 0) is 42.4 Å². The van der Waals surface area contributed by atoms with Crippen LogP contribution in [-0.4, -0.2) is 83.5 Å². The van der Waals surface area contributed by atoms with Crippen LogP contribution >= 0.6 is 42.6 Å². The number of rotatable bonds is 36. The Morgan fingerprint density at radius 3 is 1.78 bits per heavy atom. The van der Waals surface area contributed by atoms with E-state index in [1.807, 2.05) is 0 Å².